The molecule has 0 radical (unpaired) electrons. The molecule has 0 aliphatic carbocycles. The third-order valence-corrected chi connectivity index (χ3v) is 5.48. The molecule has 1 aromatic heterocycles. The van der Waals surface area contributed by atoms with Gasteiger partial charge in [0, 0.05) is 63.0 Å². The zero-order chi connectivity index (χ0) is 20.1. The molecule has 0 spiro atoms. The number of nitrogens with one attached hydrogen (secondary N) is 2. The molecule has 2 heterocycles. The van der Waals surface area contributed by atoms with Crippen LogP contribution in [0.25, 0.3) is 0 Å². The SMILES string of the molecule is CN=C(NCCC(=O)Nc1cccc(Cl)c1C)N1CCC(c2cnn(C)c2)C1. The Morgan fingerprint density at radius 2 is 2.25 bits per heavy atom. The number of rotatable bonds is 5. The molecule has 1 aromatic carbocycles. The molecular weight excluding hydrogens is 376 g/mol. The lowest BCUT2D eigenvalue weighted by Gasteiger charge is -2.21. The number of guanidine groups is 1. The number of hydrogen-bond donors (Lipinski definition) is 2. The summed E-state index contributed by atoms with van der Waals surface area (Å²) in [6.07, 6.45) is 5.44. The van der Waals surface area contributed by atoms with Gasteiger partial charge in [0.05, 0.1) is 6.20 Å². The molecule has 1 amide bonds. The fraction of sp³-hybridized carbons (Fsp3) is 0.450. The molecule has 7 nitrogen and oxygen atoms in total. The maximum Gasteiger partial charge on any atom is 0.226 e. The van der Waals surface area contributed by atoms with Gasteiger partial charge in [-0.05, 0) is 36.6 Å². The minimum absolute atomic E-state index is 0.0528. The van der Waals surface area contributed by atoms with E-state index in [-0.39, 0.29) is 5.91 Å². The van der Waals surface area contributed by atoms with Crippen molar-refractivity contribution in [3.63, 3.8) is 0 Å². The summed E-state index contributed by atoms with van der Waals surface area (Å²) in [7, 11) is 3.71. The van der Waals surface area contributed by atoms with Gasteiger partial charge in [0.1, 0.15) is 0 Å². The number of likely N-dealkylation sites (tertiary alicyclic amines) is 1. The van der Waals surface area contributed by atoms with E-state index in [1.54, 1.807) is 7.05 Å². The van der Waals surface area contributed by atoms with Gasteiger partial charge in [-0.3, -0.25) is 14.5 Å². The zero-order valence-corrected chi connectivity index (χ0v) is 17.3. The molecule has 1 aliphatic rings. The Morgan fingerprint density at radius 3 is 2.96 bits per heavy atom. The van der Waals surface area contributed by atoms with Crippen molar-refractivity contribution < 1.29 is 4.79 Å². The van der Waals surface area contributed by atoms with Crippen molar-refractivity contribution in [3.05, 3.63) is 46.7 Å². The quantitative estimate of drug-likeness (QED) is 0.595. The highest BCUT2D eigenvalue weighted by atomic mass is 35.5. The first-order valence-electron chi connectivity index (χ1n) is 9.47. The van der Waals surface area contributed by atoms with E-state index in [1.807, 2.05) is 43.0 Å². The van der Waals surface area contributed by atoms with Crippen molar-refractivity contribution >= 4 is 29.2 Å². The fourth-order valence-electron chi connectivity index (χ4n) is 3.45. The van der Waals surface area contributed by atoms with Crippen LogP contribution >= 0.6 is 11.6 Å². The lowest BCUT2D eigenvalue weighted by atomic mass is 10.0. The first-order chi connectivity index (χ1) is 13.5. The topological polar surface area (TPSA) is 74.6 Å². The van der Waals surface area contributed by atoms with E-state index in [2.05, 4.69) is 31.8 Å². The number of anilines is 1. The van der Waals surface area contributed by atoms with E-state index in [4.69, 9.17) is 11.6 Å². The summed E-state index contributed by atoms with van der Waals surface area (Å²) in [5.74, 6) is 1.24. The normalized spacial score (nSPS) is 17.1. The molecule has 2 aromatic rings. The molecule has 1 aliphatic heterocycles. The Hall–Kier alpha value is -2.54. The van der Waals surface area contributed by atoms with Gasteiger partial charge in [-0.25, -0.2) is 0 Å². The van der Waals surface area contributed by atoms with Gasteiger partial charge in [-0.15, -0.1) is 0 Å². The first-order valence-corrected chi connectivity index (χ1v) is 9.85. The predicted octanol–water partition coefficient (Wildman–Crippen LogP) is 2.78. The van der Waals surface area contributed by atoms with Crippen molar-refractivity contribution in [2.45, 2.75) is 25.7 Å². The van der Waals surface area contributed by atoms with Crippen LogP contribution in [-0.2, 0) is 11.8 Å². The fourth-order valence-corrected chi connectivity index (χ4v) is 3.63. The van der Waals surface area contributed by atoms with Gasteiger partial charge in [-0.2, -0.15) is 5.10 Å². The maximum absolute atomic E-state index is 12.2. The molecule has 0 saturated carbocycles. The first kappa shape index (κ1) is 20.2. The third-order valence-electron chi connectivity index (χ3n) is 5.07. The van der Waals surface area contributed by atoms with E-state index < -0.39 is 0 Å². The molecule has 1 fully saturated rings. The van der Waals surface area contributed by atoms with Crippen LogP contribution in [0.5, 0.6) is 0 Å². The number of aromatic nitrogens is 2. The number of amides is 1. The number of carbonyl (C=O) groups is 1. The Balaban J connectivity index is 1.47. The number of benzene rings is 1. The van der Waals surface area contributed by atoms with Gasteiger partial charge in [-0.1, -0.05) is 17.7 Å². The molecule has 2 N–H and O–H groups in total. The summed E-state index contributed by atoms with van der Waals surface area (Å²) in [5, 5.41) is 11.1. The smallest absolute Gasteiger partial charge is 0.226 e. The van der Waals surface area contributed by atoms with Crippen LogP contribution in [0.4, 0.5) is 5.69 Å². The monoisotopic (exact) mass is 402 g/mol. The minimum Gasteiger partial charge on any atom is -0.356 e. The summed E-state index contributed by atoms with van der Waals surface area (Å²) in [6.45, 7) is 4.25. The van der Waals surface area contributed by atoms with Gasteiger partial charge in [0.15, 0.2) is 5.96 Å². The van der Waals surface area contributed by atoms with Crippen LogP contribution in [0.1, 0.15) is 29.9 Å². The minimum atomic E-state index is -0.0528. The molecule has 0 bridgehead atoms. The van der Waals surface area contributed by atoms with Crippen molar-refractivity contribution in [1.82, 2.24) is 20.0 Å². The Labute approximate surface area is 170 Å². The van der Waals surface area contributed by atoms with E-state index in [0.29, 0.717) is 23.9 Å². The van der Waals surface area contributed by atoms with Crippen molar-refractivity contribution in [3.8, 4) is 0 Å². The number of aryl methyl sites for hydroxylation is 1. The molecule has 3 rings (SSSR count). The van der Waals surface area contributed by atoms with Crippen LogP contribution in [-0.4, -0.2) is 53.2 Å². The molecule has 1 saturated heterocycles. The second-order valence-corrected chi connectivity index (χ2v) is 7.47. The largest absolute Gasteiger partial charge is 0.356 e. The van der Waals surface area contributed by atoms with Crippen molar-refractivity contribution in [2.24, 2.45) is 12.0 Å². The second kappa shape index (κ2) is 9.10. The average molecular weight is 403 g/mol. The highest BCUT2D eigenvalue weighted by molar-refractivity contribution is 6.31. The Kier molecular flexibility index (Phi) is 6.57. The summed E-state index contributed by atoms with van der Waals surface area (Å²) in [4.78, 5) is 18.9. The van der Waals surface area contributed by atoms with Gasteiger partial charge in [0.2, 0.25) is 5.91 Å². The Morgan fingerprint density at radius 1 is 1.43 bits per heavy atom. The number of hydrogen-bond acceptors (Lipinski definition) is 3. The van der Waals surface area contributed by atoms with Gasteiger partial charge < -0.3 is 15.5 Å². The molecular formula is C20H27ClN6O. The van der Waals surface area contributed by atoms with Crippen molar-refractivity contribution in [2.75, 3.05) is 32.0 Å². The summed E-state index contributed by atoms with van der Waals surface area (Å²) >= 11 is 6.10. The number of halogens is 1. The second-order valence-electron chi connectivity index (χ2n) is 7.06. The van der Waals surface area contributed by atoms with Gasteiger partial charge in [0.25, 0.3) is 0 Å². The van der Waals surface area contributed by atoms with E-state index >= 15 is 0 Å². The summed E-state index contributed by atoms with van der Waals surface area (Å²) < 4.78 is 1.84. The summed E-state index contributed by atoms with van der Waals surface area (Å²) in [6, 6.07) is 5.50. The lowest BCUT2D eigenvalue weighted by molar-refractivity contribution is -0.116. The van der Waals surface area contributed by atoms with E-state index in [9.17, 15) is 4.79 Å². The van der Waals surface area contributed by atoms with E-state index in [1.165, 1.54) is 5.56 Å². The standard InChI is InChI=1S/C20H27ClN6O/c1-14-17(21)5-4-6-18(14)25-19(28)7-9-23-20(22-2)27-10-8-15(13-27)16-11-24-26(3)12-16/h4-6,11-12,15H,7-10,13H2,1-3H3,(H,22,23)(H,25,28). The summed E-state index contributed by atoms with van der Waals surface area (Å²) in [5.41, 5.74) is 2.89. The van der Waals surface area contributed by atoms with Crippen LogP contribution in [0.2, 0.25) is 5.02 Å². The molecule has 1 atom stereocenters. The molecule has 150 valence electrons. The van der Waals surface area contributed by atoms with E-state index in [0.717, 1.165) is 36.7 Å². The van der Waals surface area contributed by atoms with Crippen LogP contribution in [0, 0.1) is 6.92 Å². The van der Waals surface area contributed by atoms with Crippen LogP contribution in [0.3, 0.4) is 0 Å². The molecule has 28 heavy (non-hydrogen) atoms. The number of aliphatic imine (C=N–C) groups is 1. The van der Waals surface area contributed by atoms with Crippen LogP contribution < -0.4 is 10.6 Å². The zero-order valence-electron chi connectivity index (χ0n) is 16.6. The highest BCUT2D eigenvalue weighted by Crippen LogP contribution is 2.26. The maximum atomic E-state index is 12.2. The lowest BCUT2D eigenvalue weighted by Crippen LogP contribution is -2.41. The molecule has 1 unspecified atom stereocenters. The van der Waals surface area contributed by atoms with Gasteiger partial charge >= 0.3 is 0 Å². The van der Waals surface area contributed by atoms with Crippen LogP contribution in [0.15, 0.2) is 35.6 Å². The third kappa shape index (κ3) is 4.84. The number of nitrogens with zero attached hydrogens (tertiary/aromatic N) is 4. The predicted molar refractivity (Wildman–Crippen MR) is 113 cm³/mol. The van der Waals surface area contributed by atoms with Crippen molar-refractivity contribution in [1.29, 1.82) is 0 Å². The highest BCUT2D eigenvalue weighted by Gasteiger charge is 2.26. The number of carbonyl (C=O) groups excluding carboxylic acids is 1. The Bertz CT molecular complexity index is 862. The average Bonchev–Trinajstić information content (AvgIpc) is 3.32. The molecule has 8 heteroatoms.